The number of aromatic amines is 1. The van der Waals surface area contributed by atoms with Crippen LogP contribution in [-0.4, -0.2) is 16.6 Å². The molecule has 94 valence electrons. The van der Waals surface area contributed by atoms with Gasteiger partial charge < -0.3 is 11.1 Å². The summed E-state index contributed by atoms with van der Waals surface area (Å²) in [7, 11) is 1.58. The van der Waals surface area contributed by atoms with E-state index >= 15 is 0 Å². The fraction of sp³-hybridized carbons (Fsp3) is 0.167. The third kappa shape index (κ3) is 1.88. The average molecular weight is 246 g/mol. The quantitative estimate of drug-likeness (QED) is 0.717. The number of aryl methyl sites for hydroxylation is 1. The molecular weight excluding hydrogens is 232 g/mol. The second kappa shape index (κ2) is 4.40. The van der Waals surface area contributed by atoms with E-state index in [1.165, 1.54) is 4.57 Å². The van der Waals surface area contributed by atoms with E-state index in [2.05, 4.69) is 10.3 Å². The number of H-pyrrole nitrogens is 1. The molecule has 0 amide bonds. The molecular formula is C12H14N4O2. The van der Waals surface area contributed by atoms with E-state index in [1.54, 1.807) is 13.1 Å². The Labute approximate surface area is 103 Å². The second-order valence-electron chi connectivity index (χ2n) is 3.94. The lowest BCUT2D eigenvalue weighted by molar-refractivity contribution is 0.909. The maximum absolute atomic E-state index is 11.8. The minimum absolute atomic E-state index is 0.0943. The Bertz CT molecular complexity index is 700. The summed E-state index contributed by atoms with van der Waals surface area (Å²) in [6, 6.07) is 7.30. The Balaban J connectivity index is 2.80. The van der Waals surface area contributed by atoms with Crippen LogP contribution in [0.25, 0.3) is 5.69 Å². The molecule has 2 rings (SSSR count). The third-order valence-electron chi connectivity index (χ3n) is 2.66. The second-order valence-corrected chi connectivity index (χ2v) is 3.94. The summed E-state index contributed by atoms with van der Waals surface area (Å²) in [6.07, 6.45) is 0. The van der Waals surface area contributed by atoms with Crippen molar-refractivity contribution in [3.63, 3.8) is 0 Å². The summed E-state index contributed by atoms with van der Waals surface area (Å²) in [5.74, 6) is 0.0943. The summed E-state index contributed by atoms with van der Waals surface area (Å²) in [5.41, 5.74) is 6.57. The first-order chi connectivity index (χ1) is 8.54. The minimum atomic E-state index is -0.554. The Kier molecular flexibility index (Phi) is 2.93. The molecule has 0 radical (unpaired) electrons. The molecule has 1 aromatic heterocycles. The van der Waals surface area contributed by atoms with Crippen LogP contribution in [0.15, 0.2) is 33.9 Å². The molecule has 0 saturated carbocycles. The lowest BCUT2D eigenvalue weighted by Crippen LogP contribution is -2.32. The van der Waals surface area contributed by atoms with Gasteiger partial charge in [-0.05, 0) is 24.6 Å². The zero-order valence-electron chi connectivity index (χ0n) is 10.2. The summed E-state index contributed by atoms with van der Waals surface area (Å²) in [4.78, 5) is 25.6. The number of nitrogen functional groups attached to an aromatic ring is 1. The van der Waals surface area contributed by atoms with Gasteiger partial charge in [-0.25, -0.2) is 9.36 Å². The molecule has 0 unspecified atom stereocenters. The van der Waals surface area contributed by atoms with Gasteiger partial charge >= 0.3 is 5.69 Å². The topological polar surface area (TPSA) is 92.9 Å². The van der Waals surface area contributed by atoms with Crippen molar-refractivity contribution in [2.45, 2.75) is 6.92 Å². The summed E-state index contributed by atoms with van der Waals surface area (Å²) >= 11 is 0. The molecule has 0 aliphatic rings. The molecule has 1 aromatic carbocycles. The molecule has 6 nitrogen and oxygen atoms in total. The zero-order chi connectivity index (χ0) is 13.3. The molecule has 0 bridgehead atoms. The van der Waals surface area contributed by atoms with Gasteiger partial charge in [0.1, 0.15) is 11.5 Å². The van der Waals surface area contributed by atoms with Gasteiger partial charge in [-0.2, -0.15) is 0 Å². The van der Waals surface area contributed by atoms with Gasteiger partial charge in [0.15, 0.2) is 0 Å². The molecule has 18 heavy (non-hydrogen) atoms. The molecule has 1 heterocycles. The van der Waals surface area contributed by atoms with Gasteiger partial charge in [-0.1, -0.05) is 12.1 Å². The minimum Gasteiger partial charge on any atom is -0.383 e. The van der Waals surface area contributed by atoms with Crippen molar-refractivity contribution in [3.05, 3.63) is 50.7 Å². The predicted molar refractivity (Wildman–Crippen MR) is 71.4 cm³/mol. The van der Waals surface area contributed by atoms with Crippen LogP contribution in [0.3, 0.4) is 0 Å². The number of benzene rings is 1. The van der Waals surface area contributed by atoms with Gasteiger partial charge in [0.2, 0.25) is 0 Å². The number of rotatable bonds is 2. The lowest BCUT2D eigenvalue weighted by atomic mass is 10.2. The van der Waals surface area contributed by atoms with Crippen LogP contribution in [0.5, 0.6) is 0 Å². The van der Waals surface area contributed by atoms with Crippen molar-refractivity contribution in [1.82, 2.24) is 9.55 Å². The van der Waals surface area contributed by atoms with E-state index in [1.807, 2.05) is 25.1 Å². The van der Waals surface area contributed by atoms with E-state index in [0.29, 0.717) is 5.69 Å². The van der Waals surface area contributed by atoms with Crippen molar-refractivity contribution in [3.8, 4) is 5.69 Å². The van der Waals surface area contributed by atoms with E-state index in [9.17, 15) is 9.59 Å². The number of anilines is 2. The first-order valence-corrected chi connectivity index (χ1v) is 5.44. The highest BCUT2D eigenvalue weighted by molar-refractivity contribution is 5.63. The highest BCUT2D eigenvalue weighted by Crippen LogP contribution is 2.15. The van der Waals surface area contributed by atoms with E-state index in [4.69, 9.17) is 5.73 Å². The molecule has 0 spiro atoms. The van der Waals surface area contributed by atoms with Crippen LogP contribution < -0.4 is 22.3 Å². The van der Waals surface area contributed by atoms with Crippen LogP contribution in [0.4, 0.5) is 11.5 Å². The molecule has 2 aromatic rings. The van der Waals surface area contributed by atoms with Crippen molar-refractivity contribution >= 4 is 11.5 Å². The third-order valence-corrected chi connectivity index (χ3v) is 2.66. The normalized spacial score (nSPS) is 10.3. The number of nitrogens with one attached hydrogen (secondary N) is 2. The van der Waals surface area contributed by atoms with Gasteiger partial charge in [0.05, 0.1) is 5.69 Å². The summed E-state index contributed by atoms with van der Waals surface area (Å²) in [6.45, 7) is 1.91. The molecule has 4 N–H and O–H groups in total. The van der Waals surface area contributed by atoms with Crippen molar-refractivity contribution in [1.29, 1.82) is 0 Å². The van der Waals surface area contributed by atoms with Crippen molar-refractivity contribution in [2.75, 3.05) is 18.1 Å². The Morgan fingerprint density at radius 2 is 2.06 bits per heavy atom. The first-order valence-electron chi connectivity index (χ1n) is 5.44. The lowest BCUT2D eigenvalue weighted by Gasteiger charge is -2.12. The molecule has 0 aliphatic carbocycles. The monoisotopic (exact) mass is 246 g/mol. The largest absolute Gasteiger partial charge is 0.383 e. The number of hydrogen-bond donors (Lipinski definition) is 3. The molecule has 0 aliphatic heterocycles. The summed E-state index contributed by atoms with van der Waals surface area (Å²) < 4.78 is 1.26. The van der Waals surface area contributed by atoms with Gasteiger partial charge in [0, 0.05) is 7.05 Å². The number of hydrogen-bond acceptors (Lipinski definition) is 4. The zero-order valence-corrected chi connectivity index (χ0v) is 10.2. The van der Waals surface area contributed by atoms with Crippen LogP contribution in [-0.2, 0) is 0 Å². The van der Waals surface area contributed by atoms with E-state index in [-0.39, 0.29) is 11.5 Å². The molecule has 0 atom stereocenters. The van der Waals surface area contributed by atoms with Crippen LogP contribution in [0, 0.1) is 6.92 Å². The highest BCUT2D eigenvalue weighted by atomic mass is 16.2. The molecule has 6 heteroatoms. The SMILES string of the molecule is CNc1c(N)n(-c2cccc(C)c2)c(=O)[nH]c1=O. The fourth-order valence-corrected chi connectivity index (χ4v) is 1.82. The van der Waals surface area contributed by atoms with Gasteiger partial charge in [0.25, 0.3) is 5.56 Å². The van der Waals surface area contributed by atoms with E-state index in [0.717, 1.165) is 5.56 Å². The van der Waals surface area contributed by atoms with Crippen LogP contribution in [0.1, 0.15) is 5.56 Å². The maximum Gasteiger partial charge on any atom is 0.334 e. The first kappa shape index (κ1) is 12.0. The Hall–Kier alpha value is -2.50. The molecule has 0 fully saturated rings. The van der Waals surface area contributed by atoms with Crippen LogP contribution in [0.2, 0.25) is 0 Å². The fourth-order valence-electron chi connectivity index (χ4n) is 1.82. The van der Waals surface area contributed by atoms with Gasteiger partial charge in [-0.3, -0.25) is 9.78 Å². The Morgan fingerprint density at radius 3 is 2.67 bits per heavy atom. The Morgan fingerprint density at radius 1 is 1.33 bits per heavy atom. The summed E-state index contributed by atoms with van der Waals surface area (Å²) in [5, 5.41) is 2.69. The van der Waals surface area contributed by atoms with Gasteiger partial charge in [-0.15, -0.1) is 0 Å². The van der Waals surface area contributed by atoms with E-state index < -0.39 is 11.2 Å². The number of nitrogens with two attached hydrogens (primary N) is 1. The number of aromatic nitrogens is 2. The molecule has 0 saturated heterocycles. The standard InChI is InChI=1S/C12H14N4O2/c1-7-4-3-5-8(6-7)16-10(13)9(14-2)11(17)15-12(16)18/h3-6,14H,13H2,1-2H3,(H,15,17,18). The predicted octanol–water partition coefficient (Wildman–Crippen LogP) is 0.458. The van der Waals surface area contributed by atoms with Crippen LogP contribution >= 0.6 is 0 Å². The number of nitrogens with zero attached hydrogens (tertiary/aromatic N) is 1. The van der Waals surface area contributed by atoms with Crippen molar-refractivity contribution in [2.24, 2.45) is 0 Å². The smallest absolute Gasteiger partial charge is 0.334 e. The highest BCUT2D eigenvalue weighted by Gasteiger charge is 2.12. The maximum atomic E-state index is 11.8. The average Bonchev–Trinajstić information content (AvgIpc) is 2.28. The van der Waals surface area contributed by atoms with Crippen molar-refractivity contribution < 1.29 is 0 Å².